The summed E-state index contributed by atoms with van der Waals surface area (Å²) in [5.41, 5.74) is 0. The molecule has 0 fully saturated rings. The van der Waals surface area contributed by atoms with E-state index in [1.807, 2.05) is 0 Å². The third-order valence-electron chi connectivity index (χ3n) is 0.337. The molecule has 6 nitrogen and oxygen atoms in total. The lowest BCUT2D eigenvalue weighted by atomic mass is 12.0. The van der Waals surface area contributed by atoms with Crippen LogP contribution in [0.5, 0.6) is 0 Å². The molecule has 0 saturated heterocycles. The van der Waals surface area contributed by atoms with Crippen LogP contribution in [0.3, 0.4) is 0 Å². The quantitative estimate of drug-likeness (QED) is 0.616. The number of hydrogen-bond donors (Lipinski definition) is 0. The Kier molecular flexibility index (Phi) is 3.32. The summed E-state index contributed by atoms with van der Waals surface area (Å²) >= 11 is 0.141. The Balaban J connectivity index is 4.80. The second-order valence-corrected chi connectivity index (χ2v) is 5.98. The molecule has 11 heavy (non-hydrogen) atoms. The standard InChI is InChI=1S/C2H6N2O4S3/c1-10(5,6)3-9-4-11(2,7)8/h1-2H3. The zero-order chi connectivity index (χ0) is 9.12. The SMILES string of the molecule is CS(=O)(=O)N=S=NS(C)(=O)=O. The summed E-state index contributed by atoms with van der Waals surface area (Å²) in [7, 11) is -7.03. The highest BCUT2D eigenvalue weighted by Crippen LogP contribution is 1.85. The third-order valence-corrected chi connectivity index (χ3v) is 3.04. The van der Waals surface area contributed by atoms with E-state index in [2.05, 4.69) is 7.54 Å². The Bertz CT molecular complexity index is 347. The van der Waals surface area contributed by atoms with E-state index in [0.29, 0.717) is 0 Å². The second kappa shape index (κ2) is 3.41. The molecule has 0 radical (unpaired) electrons. The summed E-state index contributed by atoms with van der Waals surface area (Å²) in [5, 5.41) is 0. The van der Waals surface area contributed by atoms with Crippen molar-refractivity contribution < 1.29 is 16.8 Å². The van der Waals surface area contributed by atoms with Crippen molar-refractivity contribution in [2.75, 3.05) is 12.5 Å². The molecule has 66 valence electrons. The van der Waals surface area contributed by atoms with Crippen LogP contribution in [0.15, 0.2) is 7.54 Å². The summed E-state index contributed by atoms with van der Waals surface area (Å²) < 4.78 is 46.9. The number of rotatable bonds is 2. The van der Waals surface area contributed by atoms with Crippen LogP contribution in [0.1, 0.15) is 0 Å². The average molecular weight is 218 g/mol. The maximum Gasteiger partial charge on any atom is 0.261 e. The Morgan fingerprint density at radius 1 is 0.909 bits per heavy atom. The Morgan fingerprint density at radius 2 is 1.18 bits per heavy atom. The van der Waals surface area contributed by atoms with Crippen molar-refractivity contribution in [3.05, 3.63) is 0 Å². The normalized spacial score (nSPS) is 12.2. The van der Waals surface area contributed by atoms with E-state index >= 15 is 0 Å². The molecule has 0 aromatic carbocycles. The second-order valence-electron chi connectivity index (χ2n) is 1.70. The smallest absolute Gasteiger partial charge is 0.204 e. The molecular weight excluding hydrogens is 212 g/mol. The van der Waals surface area contributed by atoms with Gasteiger partial charge in [0, 0.05) is 0 Å². The van der Waals surface area contributed by atoms with Crippen LogP contribution in [-0.2, 0) is 31.4 Å². The molecule has 0 rings (SSSR count). The minimum absolute atomic E-state index is 0.141. The van der Waals surface area contributed by atoms with Crippen molar-refractivity contribution in [3.8, 4) is 0 Å². The van der Waals surface area contributed by atoms with E-state index in [4.69, 9.17) is 0 Å². The van der Waals surface area contributed by atoms with Crippen LogP contribution in [0, 0.1) is 0 Å². The van der Waals surface area contributed by atoms with E-state index in [-0.39, 0.29) is 11.4 Å². The number of sulfonamides is 2. The van der Waals surface area contributed by atoms with Gasteiger partial charge < -0.3 is 0 Å². The zero-order valence-electron chi connectivity index (χ0n) is 5.75. The minimum atomic E-state index is -3.52. The number of nitrogens with zero attached hydrogens (tertiary/aromatic N) is 2. The molecule has 0 bridgehead atoms. The van der Waals surface area contributed by atoms with Crippen molar-refractivity contribution in [2.45, 2.75) is 0 Å². The molecule has 0 aliphatic rings. The van der Waals surface area contributed by atoms with E-state index in [9.17, 15) is 16.8 Å². The largest absolute Gasteiger partial charge is 0.261 e. The molecule has 0 amide bonds. The highest BCUT2D eigenvalue weighted by Gasteiger charge is 1.94. The molecule has 0 unspecified atom stereocenters. The number of hydrogen-bond acceptors (Lipinski definition) is 4. The van der Waals surface area contributed by atoms with Gasteiger partial charge in [0.15, 0.2) is 0 Å². The third kappa shape index (κ3) is 9.72. The maximum absolute atomic E-state index is 10.3. The lowest BCUT2D eigenvalue weighted by molar-refractivity contribution is 0.603. The van der Waals surface area contributed by atoms with E-state index < -0.39 is 20.0 Å². The fraction of sp³-hybridized carbons (Fsp3) is 1.00. The Hall–Kier alpha value is -0.280. The summed E-state index contributed by atoms with van der Waals surface area (Å²) in [6.45, 7) is 0. The van der Waals surface area contributed by atoms with E-state index in [1.165, 1.54) is 0 Å². The van der Waals surface area contributed by atoms with Gasteiger partial charge in [-0.05, 0) is 0 Å². The monoisotopic (exact) mass is 218 g/mol. The van der Waals surface area contributed by atoms with Gasteiger partial charge in [0.2, 0.25) is 0 Å². The summed E-state index contributed by atoms with van der Waals surface area (Å²) in [4.78, 5) is 0. The molecule has 0 heterocycles. The molecule has 0 aliphatic heterocycles. The van der Waals surface area contributed by atoms with Gasteiger partial charge in [0.05, 0.1) is 23.9 Å². The van der Waals surface area contributed by atoms with Crippen molar-refractivity contribution in [1.82, 2.24) is 0 Å². The lowest BCUT2D eigenvalue weighted by Gasteiger charge is -1.78. The average Bonchev–Trinajstić information content (AvgIpc) is 1.55. The highest BCUT2D eigenvalue weighted by molar-refractivity contribution is 7.96. The molecule has 0 aliphatic carbocycles. The van der Waals surface area contributed by atoms with Crippen LogP contribution in [0.2, 0.25) is 0 Å². The molecule has 0 aromatic rings. The van der Waals surface area contributed by atoms with Crippen molar-refractivity contribution in [1.29, 1.82) is 0 Å². The first-order valence-electron chi connectivity index (χ1n) is 2.21. The highest BCUT2D eigenvalue weighted by atomic mass is 32.3. The predicted octanol–water partition coefficient (Wildman–Crippen LogP) is -0.645. The van der Waals surface area contributed by atoms with Gasteiger partial charge >= 0.3 is 0 Å². The summed E-state index contributed by atoms with van der Waals surface area (Å²) in [6.07, 6.45) is 1.69. The zero-order valence-corrected chi connectivity index (χ0v) is 8.20. The molecule has 0 N–H and O–H groups in total. The van der Waals surface area contributed by atoms with Crippen LogP contribution < -0.4 is 0 Å². The van der Waals surface area contributed by atoms with E-state index in [0.717, 1.165) is 12.5 Å². The fourth-order valence-electron chi connectivity index (χ4n) is 0.135. The van der Waals surface area contributed by atoms with Gasteiger partial charge in [0.1, 0.15) is 0 Å². The van der Waals surface area contributed by atoms with Gasteiger partial charge in [-0.3, -0.25) is 0 Å². The van der Waals surface area contributed by atoms with Crippen LogP contribution >= 0.6 is 0 Å². The molecule has 9 heteroatoms. The Labute approximate surface area is 68.6 Å². The lowest BCUT2D eigenvalue weighted by Crippen LogP contribution is -1.89. The topological polar surface area (TPSA) is 93.0 Å². The van der Waals surface area contributed by atoms with Gasteiger partial charge in [0.25, 0.3) is 20.0 Å². The summed E-state index contributed by atoms with van der Waals surface area (Å²) in [6, 6.07) is 0. The molecule has 0 saturated carbocycles. The first kappa shape index (κ1) is 10.7. The van der Waals surface area contributed by atoms with Gasteiger partial charge in [-0.25, -0.2) is 16.8 Å². The molecule has 0 aromatic heterocycles. The first-order valence-corrected chi connectivity index (χ1v) is 6.64. The molecule has 0 spiro atoms. The van der Waals surface area contributed by atoms with Crippen molar-refractivity contribution in [3.63, 3.8) is 0 Å². The fourth-order valence-corrected chi connectivity index (χ4v) is 1.46. The van der Waals surface area contributed by atoms with Gasteiger partial charge in [-0.15, -0.1) is 0 Å². The minimum Gasteiger partial charge on any atom is -0.204 e. The first-order chi connectivity index (χ1) is 4.71. The van der Waals surface area contributed by atoms with E-state index in [1.54, 1.807) is 0 Å². The maximum atomic E-state index is 10.3. The van der Waals surface area contributed by atoms with Crippen molar-refractivity contribution in [2.24, 2.45) is 7.54 Å². The molecule has 0 atom stereocenters. The Morgan fingerprint density at radius 3 is 1.36 bits per heavy atom. The van der Waals surface area contributed by atoms with Crippen LogP contribution in [-0.4, -0.2) is 29.3 Å². The predicted molar refractivity (Wildman–Crippen MR) is 41.9 cm³/mol. The van der Waals surface area contributed by atoms with Crippen LogP contribution in [0.4, 0.5) is 0 Å². The van der Waals surface area contributed by atoms with Gasteiger partial charge in [-0.1, -0.05) is 7.54 Å². The van der Waals surface area contributed by atoms with Crippen molar-refractivity contribution >= 4 is 31.4 Å². The van der Waals surface area contributed by atoms with Crippen LogP contribution in [0.25, 0.3) is 0 Å². The molecular formula is C2H6N2O4S3. The van der Waals surface area contributed by atoms with Gasteiger partial charge in [-0.2, -0.15) is 0 Å². The summed E-state index contributed by atoms with van der Waals surface area (Å²) in [5.74, 6) is 0.